The molecule has 178 valence electrons. The highest BCUT2D eigenvalue weighted by Crippen LogP contribution is 2.25. The van der Waals surface area contributed by atoms with E-state index in [-0.39, 0.29) is 43.2 Å². The lowest BCUT2D eigenvalue weighted by molar-refractivity contribution is -0.137. The first-order chi connectivity index (χ1) is 16.6. The van der Waals surface area contributed by atoms with Crippen molar-refractivity contribution in [2.45, 2.75) is 51.2 Å². The number of hydrogen-bond acceptors (Lipinski definition) is 5. The van der Waals surface area contributed by atoms with Gasteiger partial charge in [-0.25, -0.2) is 4.39 Å². The molecule has 1 fully saturated rings. The van der Waals surface area contributed by atoms with Gasteiger partial charge in [-0.1, -0.05) is 54.8 Å². The molecule has 0 radical (unpaired) electrons. The standard InChI is InChI=1S/C26H28FN3O4/c27-20-13-11-19(12-14-20)16-28-26(32)24-15-23(34-29-24)17-30(21-7-3-1-4-8-21)25(31)18-33-22-9-5-2-6-10-22/h2,5-6,9-15,21H,1,3-4,7-8,16-18H2,(H,28,32). The van der Waals surface area contributed by atoms with Crippen LogP contribution in [-0.4, -0.2) is 34.5 Å². The van der Waals surface area contributed by atoms with Crippen molar-refractivity contribution in [3.63, 3.8) is 0 Å². The number of aromatic nitrogens is 1. The molecular formula is C26H28FN3O4. The van der Waals surface area contributed by atoms with Crippen molar-refractivity contribution in [2.75, 3.05) is 6.61 Å². The number of hydrogen-bond donors (Lipinski definition) is 1. The quantitative estimate of drug-likeness (QED) is 0.504. The monoisotopic (exact) mass is 465 g/mol. The second-order valence-electron chi connectivity index (χ2n) is 8.40. The van der Waals surface area contributed by atoms with E-state index in [1.807, 2.05) is 30.3 Å². The molecule has 1 aliphatic rings. The van der Waals surface area contributed by atoms with Gasteiger partial charge in [-0.15, -0.1) is 0 Å². The minimum atomic E-state index is -0.401. The van der Waals surface area contributed by atoms with E-state index in [9.17, 15) is 14.0 Å². The van der Waals surface area contributed by atoms with Crippen molar-refractivity contribution >= 4 is 11.8 Å². The largest absolute Gasteiger partial charge is 0.484 e. The van der Waals surface area contributed by atoms with Gasteiger partial charge in [0.15, 0.2) is 18.1 Å². The fraction of sp³-hybridized carbons (Fsp3) is 0.346. The molecule has 0 unspecified atom stereocenters. The molecule has 2 amide bonds. The van der Waals surface area contributed by atoms with E-state index in [1.165, 1.54) is 18.6 Å². The smallest absolute Gasteiger partial charge is 0.273 e. The van der Waals surface area contributed by atoms with Crippen LogP contribution in [0.4, 0.5) is 4.39 Å². The van der Waals surface area contributed by atoms with Crippen LogP contribution in [0, 0.1) is 5.82 Å². The van der Waals surface area contributed by atoms with Gasteiger partial charge < -0.3 is 19.5 Å². The highest BCUT2D eigenvalue weighted by atomic mass is 19.1. The molecule has 8 heteroatoms. The zero-order chi connectivity index (χ0) is 23.8. The predicted molar refractivity (Wildman–Crippen MR) is 123 cm³/mol. The van der Waals surface area contributed by atoms with Crippen molar-refractivity contribution in [3.8, 4) is 5.75 Å². The Morgan fingerprint density at radius 1 is 1.06 bits per heavy atom. The second-order valence-corrected chi connectivity index (χ2v) is 8.40. The lowest BCUT2D eigenvalue weighted by Crippen LogP contribution is -2.43. The number of benzene rings is 2. The fourth-order valence-corrected chi connectivity index (χ4v) is 4.10. The molecule has 1 saturated carbocycles. The lowest BCUT2D eigenvalue weighted by Gasteiger charge is -2.33. The van der Waals surface area contributed by atoms with E-state index in [0.717, 1.165) is 31.2 Å². The zero-order valence-corrected chi connectivity index (χ0v) is 18.9. The van der Waals surface area contributed by atoms with Gasteiger partial charge in [-0.2, -0.15) is 0 Å². The normalized spacial score (nSPS) is 13.9. The van der Waals surface area contributed by atoms with E-state index in [1.54, 1.807) is 23.1 Å². The molecule has 2 aromatic carbocycles. The van der Waals surface area contributed by atoms with Crippen molar-refractivity contribution in [2.24, 2.45) is 0 Å². The maximum Gasteiger partial charge on any atom is 0.273 e. The molecule has 0 atom stereocenters. The van der Waals surface area contributed by atoms with Crippen LogP contribution < -0.4 is 10.1 Å². The predicted octanol–water partition coefficient (Wildman–Crippen LogP) is 4.48. The minimum absolute atomic E-state index is 0.0698. The molecule has 0 saturated heterocycles. The highest BCUT2D eigenvalue weighted by Gasteiger charge is 2.27. The van der Waals surface area contributed by atoms with Crippen molar-refractivity contribution in [1.29, 1.82) is 0 Å². The number of nitrogens with zero attached hydrogens (tertiary/aromatic N) is 2. The number of amides is 2. The van der Waals surface area contributed by atoms with E-state index in [4.69, 9.17) is 9.26 Å². The van der Waals surface area contributed by atoms with E-state index in [2.05, 4.69) is 10.5 Å². The molecule has 7 nitrogen and oxygen atoms in total. The number of halogens is 1. The van der Waals surface area contributed by atoms with Crippen LogP contribution in [0.3, 0.4) is 0 Å². The summed E-state index contributed by atoms with van der Waals surface area (Å²) >= 11 is 0. The summed E-state index contributed by atoms with van der Waals surface area (Å²) in [6.07, 6.45) is 5.16. The summed E-state index contributed by atoms with van der Waals surface area (Å²) in [6.45, 7) is 0.393. The number of nitrogens with one attached hydrogen (secondary N) is 1. The number of ether oxygens (including phenoxy) is 1. The van der Waals surface area contributed by atoms with Gasteiger partial charge in [0.1, 0.15) is 11.6 Å². The molecule has 1 N–H and O–H groups in total. The molecule has 3 aromatic rings. The average Bonchev–Trinajstić information content (AvgIpc) is 3.35. The first-order valence-electron chi connectivity index (χ1n) is 11.5. The molecule has 34 heavy (non-hydrogen) atoms. The highest BCUT2D eigenvalue weighted by molar-refractivity contribution is 5.92. The Morgan fingerprint density at radius 3 is 2.53 bits per heavy atom. The molecule has 1 aliphatic carbocycles. The van der Waals surface area contributed by atoms with Gasteiger partial charge in [0, 0.05) is 18.7 Å². The third kappa shape index (κ3) is 6.43. The number of carbonyl (C=O) groups is 2. The summed E-state index contributed by atoms with van der Waals surface area (Å²) in [5.41, 5.74) is 0.902. The van der Waals surface area contributed by atoms with E-state index < -0.39 is 5.91 Å². The maximum absolute atomic E-state index is 13.1. The van der Waals surface area contributed by atoms with Crippen molar-refractivity contribution < 1.29 is 23.2 Å². The van der Waals surface area contributed by atoms with Crippen LogP contribution in [0.1, 0.15) is 53.9 Å². The fourth-order valence-electron chi connectivity index (χ4n) is 4.10. The van der Waals surface area contributed by atoms with E-state index >= 15 is 0 Å². The van der Waals surface area contributed by atoms with E-state index in [0.29, 0.717) is 11.5 Å². The Hall–Kier alpha value is -3.68. The molecule has 1 aromatic heterocycles. The van der Waals surface area contributed by atoms with Crippen LogP contribution in [-0.2, 0) is 17.9 Å². The first-order valence-corrected chi connectivity index (χ1v) is 11.5. The third-order valence-electron chi connectivity index (χ3n) is 5.93. The number of rotatable bonds is 9. The summed E-state index contributed by atoms with van der Waals surface area (Å²) in [6, 6.07) is 16.8. The van der Waals surface area contributed by atoms with Crippen LogP contribution in [0.15, 0.2) is 65.2 Å². The molecule has 0 aliphatic heterocycles. The number of para-hydroxylation sites is 1. The summed E-state index contributed by atoms with van der Waals surface area (Å²) < 4.78 is 24.1. The Kier molecular flexibility index (Phi) is 7.91. The Morgan fingerprint density at radius 2 is 1.79 bits per heavy atom. The molecule has 4 rings (SSSR count). The zero-order valence-electron chi connectivity index (χ0n) is 18.9. The van der Waals surface area contributed by atoms with Gasteiger partial charge in [-0.05, 0) is 42.7 Å². The van der Waals surface area contributed by atoms with Gasteiger partial charge in [0.25, 0.3) is 11.8 Å². The summed E-state index contributed by atoms with van der Waals surface area (Å²) in [7, 11) is 0. The van der Waals surface area contributed by atoms with Crippen molar-refractivity contribution in [3.05, 3.63) is 83.5 Å². The molecular weight excluding hydrogens is 437 g/mol. The Bertz CT molecular complexity index is 1080. The Balaban J connectivity index is 1.38. The van der Waals surface area contributed by atoms with Crippen LogP contribution in [0.25, 0.3) is 0 Å². The SMILES string of the molecule is O=C(NCc1ccc(F)cc1)c1cc(CN(C(=O)COc2ccccc2)C2CCCCC2)on1. The average molecular weight is 466 g/mol. The summed E-state index contributed by atoms with van der Waals surface area (Å²) in [4.78, 5) is 27.3. The van der Waals surface area contributed by atoms with Gasteiger partial charge >= 0.3 is 0 Å². The molecule has 0 spiro atoms. The Labute approximate surface area is 197 Å². The molecule has 1 heterocycles. The third-order valence-corrected chi connectivity index (χ3v) is 5.93. The topological polar surface area (TPSA) is 84.7 Å². The van der Waals surface area contributed by atoms with Crippen LogP contribution >= 0.6 is 0 Å². The second kappa shape index (κ2) is 11.4. The number of carbonyl (C=O) groups excluding carboxylic acids is 2. The minimum Gasteiger partial charge on any atom is -0.484 e. The van der Waals surface area contributed by atoms with Gasteiger partial charge in [-0.3, -0.25) is 9.59 Å². The summed E-state index contributed by atoms with van der Waals surface area (Å²) in [5.74, 6) is 0.212. The maximum atomic E-state index is 13.1. The van der Waals surface area contributed by atoms with Crippen molar-refractivity contribution in [1.82, 2.24) is 15.4 Å². The molecule has 0 bridgehead atoms. The van der Waals surface area contributed by atoms with Gasteiger partial charge in [0.05, 0.1) is 6.54 Å². The van der Waals surface area contributed by atoms with Gasteiger partial charge in [0.2, 0.25) is 0 Å². The van der Waals surface area contributed by atoms with Crippen LogP contribution in [0.5, 0.6) is 5.75 Å². The lowest BCUT2D eigenvalue weighted by atomic mass is 9.94. The van der Waals surface area contributed by atoms with Crippen LogP contribution in [0.2, 0.25) is 0 Å². The summed E-state index contributed by atoms with van der Waals surface area (Å²) in [5, 5.41) is 6.62. The first kappa shape index (κ1) is 23.5.